The minimum absolute atomic E-state index is 0.0820. The third-order valence-corrected chi connectivity index (χ3v) is 4.58. The monoisotopic (exact) mass is 369 g/mol. The predicted molar refractivity (Wildman–Crippen MR) is 103 cm³/mol. The number of rotatable bonds is 6. The number of halogens is 1. The van der Waals surface area contributed by atoms with E-state index in [9.17, 15) is 4.79 Å². The molecular formula is C21H20ClNO3. The summed E-state index contributed by atoms with van der Waals surface area (Å²) < 4.78 is 7.34. The van der Waals surface area contributed by atoms with Gasteiger partial charge in [0.05, 0.1) is 19.2 Å². The summed E-state index contributed by atoms with van der Waals surface area (Å²) in [5.74, 6) is -0.0165. The van der Waals surface area contributed by atoms with Crippen LogP contribution in [-0.2, 0) is 11.2 Å². The summed E-state index contributed by atoms with van der Waals surface area (Å²) in [4.78, 5) is 11.0. The number of aliphatic carboxylic acids is 1. The first kappa shape index (κ1) is 18.1. The van der Waals surface area contributed by atoms with Crippen molar-refractivity contribution in [2.75, 3.05) is 7.11 Å². The van der Waals surface area contributed by atoms with E-state index in [0.29, 0.717) is 11.4 Å². The van der Waals surface area contributed by atoms with Gasteiger partial charge in [-0.1, -0.05) is 11.6 Å². The van der Waals surface area contributed by atoms with Gasteiger partial charge in [-0.2, -0.15) is 0 Å². The Kier molecular flexibility index (Phi) is 5.33. The van der Waals surface area contributed by atoms with Crippen molar-refractivity contribution in [1.82, 2.24) is 4.57 Å². The van der Waals surface area contributed by atoms with Crippen LogP contribution in [0.4, 0.5) is 0 Å². The molecule has 0 fully saturated rings. The molecule has 4 nitrogen and oxygen atoms in total. The standard InChI is InChI=1S/C21H20ClNO3/c1-14-13-16(22)5-10-19(14)23-17(7-12-21(24)25)6-11-20(23)15-3-8-18(26-2)9-4-15/h3-6,8-11,13H,7,12H2,1-2H3,(H,24,25). The summed E-state index contributed by atoms with van der Waals surface area (Å²) >= 11 is 6.11. The fraction of sp³-hybridized carbons (Fsp3) is 0.190. The van der Waals surface area contributed by atoms with Crippen LogP contribution >= 0.6 is 11.6 Å². The highest BCUT2D eigenvalue weighted by Crippen LogP contribution is 2.31. The van der Waals surface area contributed by atoms with Crippen LogP contribution in [0, 0.1) is 6.92 Å². The van der Waals surface area contributed by atoms with Crippen LogP contribution in [-0.4, -0.2) is 22.8 Å². The first-order valence-corrected chi connectivity index (χ1v) is 8.71. The summed E-state index contributed by atoms with van der Waals surface area (Å²) in [6.45, 7) is 2.00. The van der Waals surface area contributed by atoms with E-state index in [1.807, 2.05) is 61.5 Å². The second-order valence-corrected chi connectivity index (χ2v) is 6.53. The van der Waals surface area contributed by atoms with E-state index >= 15 is 0 Å². The zero-order valence-electron chi connectivity index (χ0n) is 14.7. The molecular weight excluding hydrogens is 350 g/mol. The molecule has 0 amide bonds. The molecule has 0 aliphatic carbocycles. The van der Waals surface area contributed by atoms with E-state index in [2.05, 4.69) is 4.57 Å². The lowest BCUT2D eigenvalue weighted by atomic mass is 10.1. The quantitative estimate of drug-likeness (QED) is 0.655. The number of carboxylic acids is 1. The molecule has 1 N–H and O–H groups in total. The Bertz CT molecular complexity index is 929. The lowest BCUT2D eigenvalue weighted by molar-refractivity contribution is -0.136. The minimum Gasteiger partial charge on any atom is -0.497 e. The van der Waals surface area contributed by atoms with Gasteiger partial charge in [0.15, 0.2) is 0 Å². The average Bonchev–Trinajstić information content (AvgIpc) is 3.03. The molecule has 134 valence electrons. The van der Waals surface area contributed by atoms with E-state index in [1.54, 1.807) is 7.11 Å². The van der Waals surface area contributed by atoms with E-state index in [4.69, 9.17) is 21.4 Å². The number of methoxy groups -OCH3 is 1. The third-order valence-electron chi connectivity index (χ3n) is 4.34. The zero-order valence-corrected chi connectivity index (χ0v) is 15.5. The zero-order chi connectivity index (χ0) is 18.7. The van der Waals surface area contributed by atoms with Gasteiger partial charge in [0.1, 0.15) is 5.75 Å². The summed E-state index contributed by atoms with van der Waals surface area (Å²) in [6, 6.07) is 17.6. The number of ether oxygens (including phenoxy) is 1. The number of benzene rings is 2. The molecule has 1 aromatic heterocycles. The van der Waals surface area contributed by atoms with E-state index in [0.717, 1.165) is 34.0 Å². The van der Waals surface area contributed by atoms with Crippen molar-refractivity contribution in [3.8, 4) is 22.7 Å². The molecule has 0 saturated carbocycles. The Morgan fingerprint density at radius 1 is 1.12 bits per heavy atom. The van der Waals surface area contributed by atoms with Gasteiger partial charge in [-0.3, -0.25) is 4.79 Å². The molecule has 0 bridgehead atoms. The number of aromatic nitrogens is 1. The predicted octanol–water partition coefficient (Wildman–Crippen LogP) is 5.13. The van der Waals surface area contributed by atoms with Crippen molar-refractivity contribution >= 4 is 17.6 Å². The van der Waals surface area contributed by atoms with Crippen molar-refractivity contribution in [1.29, 1.82) is 0 Å². The smallest absolute Gasteiger partial charge is 0.303 e. The molecule has 0 radical (unpaired) electrons. The largest absolute Gasteiger partial charge is 0.497 e. The Labute approximate surface area is 157 Å². The van der Waals surface area contributed by atoms with Gasteiger partial charge < -0.3 is 14.4 Å². The molecule has 0 saturated heterocycles. The maximum atomic E-state index is 11.0. The van der Waals surface area contributed by atoms with Crippen LogP contribution in [0.15, 0.2) is 54.6 Å². The van der Waals surface area contributed by atoms with Gasteiger partial charge in [0, 0.05) is 16.4 Å². The minimum atomic E-state index is -0.809. The summed E-state index contributed by atoms with van der Waals surface area (Å²) in [5.41, 5.74) is 4.99. The first-order chi connectivity index (χ1) is 12.5. The Balaban J connectivity index is 2.13. The van der Waals surface area contributed by atoms with Gasteiger partial charge in [-0.15, -0.1) is 0 Å². The normalized spacial score (nSPS) is 10.7. The van der Waals surface area contributed by atoms with Crippen molar-refractivity contribution in [2.45, 2.75) is 19.8 Å². The highest BCUT2D eigenvalue weighted by Gasteiger charge is 2.15. The number of hydrogen-bond donors (Lipinski definition) is 1. The third kappa shape index (κ3) is 3.75. The molecule has 2 aromatic carbocycles. The number of aryl methyl sites for hydroxylation is 2. The van der Waals surface area contributed by atoms with Crippen molar-refractivity contribution < 1.29 is 14.6 Å². The van der Waals surface area contributed by atoms with Gasteiger partial charge in [0.2, 0.25) is 0 Å². The van der Waals surface area contributed by atoms with Gasteiger partial charge in [-0.05, 0) is 79.1 Å². The van der Waals surface area contributed by atoms with E-state index in [-0.39, 0.29) is 6.42 Å². The molecule has 3 aromatic rings. The van der Waals surface area contributed by atoms with Crippen LogP contribution < -0.4 is 4.74 Å². The molecule has 0 aliphatic rings. The molecule has 1 heterocycles. The van der Waals surface area contributed by atoms with Crippen molar-refractivity contribution in [2.24, 2.45) is 0 Å². The first-order valence-electron chi connectivity index (χ1n) is 8.33. The van der Waals surface area contributed by atoms with Crippen LogP contribution in [0.3, 0.4) is 0 Å². The fourth-order valence-corrected chi connectivity index (χ4v) is 3.28. The fourth-order valence-electron chi connectivity index (χ4n) is 3.05. The van der Waals surface area contributed by atoms with Gasteiger partial charge in [-0.25, -0.2) is 0 Å². The lowest BCUT2D eigenvalue weighted by Crippen LogP contribution is -2.06. The second-order valence-electron chi connectivity index (χ2n) is 6.10. The molecule has 5 heteroatoms. The van der Waals surface area contributed by atoms with Crippen LogP contribution in [0.25, 0.3) is 16.9 Å². The number of hydrogen-bond acceptors (Lipinski definition) is 2. The average molecular weight is 370 g/mol. The molecule has 0 unspecified atom stereocenters. The number of nitrogens with zero attached hydrogens (tertiary/aromatic N) is 1. The maximum Gasteiger partial charge on any atom is 0.303 e. The van der Waals surface area contributed by atoms with Gasteiger partial charge >= 0.3 is 5.97 Å². The number of carbonyl (C=O) groups is 1. The molecule has 26 heavy (non-hydrogen) atoms. The Morgan fingerprint density at radius 2 is 1.85 bits per heavy atom. The molecule has 0 aliphatic heterocycles. The Morgan fingerprint density at radius 3 is 2.46 bits per heavy atom. The lowest BCUT2D eigenvalue weighted by Gasteiger charge is -2.16. The molecule has 0 spiro atoms. The van der Waals surface area contributed by atoms with Crippen LogP contribution in [0.2, 0.25) is 5.02 Å². The van der Waals surface area contributed by atoms with Crippen molar-refractivity contribution in [3.63, 3.8) is 0 Å². The molecule has 3 rings (SSSR count). The van der Waals surface area contributed by atoms with Crippen LogP contribution in [0.1, 0.15) is 17.7 Å². The Hall–Kier alpha value is -2.72. The highest BCUT2D eigenvalue weighted by atomic mass is 35.5. The topological polar surface area (TPSA) is 51.5 Å². The highest BCUT2D eigenvalue weighted by molar-refractivity contribution is 6.30. The molecule has 0 atom stereocenters. The maximum absolute atomic E-state index is 11.0. The number of carboxylic acid groups (broad SMARTS) is 1. The summed E-state index contributed by atoms with van der Waals surface area (Å²) in [7, 11) is 1.64. The second kappa shape index (κ2) is 7.67. The van der Waals surface area contributed by atoms with Crippen molar-refractivity contribution in [3.05, 3.63) is 70.9 Å². The summed E-state index contributed by atoms with van der Waals surface area (Å²) in [6.07, 6.45) is 0.534. The van der Waals surface area contributed by atoms with E-state index in [1.165, 1.54) is 0 Å². The summed E-state index contributed by atoms with van der Waals surface area (Å²) in [5, 5.41) is 9.75. The van der Waals surface area contributed by atoms with E-state index < -0.39 is 5.97 Å². The SMILES string of the molecule is COc1ccc(-c2ccc(CCC(=O)O)n2-c2ccc(Cl)cc2C)cc1. The van der Waals surface area contributed by atoms with Crippen LogP contribution in [0.5, 0.6) is 5.75 Å². The van der Waals surface area contributed by atoms with Gasteiger partial charge in [0.25, 0.3) is 0 Å².